The maximum atomic E-state index is 4.50. The summed E-state index contributed by atoms with van der Waals surface area (Å²) in [6.45, 7) is 6.72. The van der Waals surface area contributed by atoms with Crippen LogP contribution >= 0.6 is 0 Å². The molecular formula is C21H22N6. The van der Waals surface area contributed by atoms with Gasteiger partial charge in [-0.1, -0.05) is 38.1 Å². The maximum Gasteiger partial charge on any atom is 0.115 e. The highest BCUT2D eigenvalue weighted by molar-refractivity contribution is 5.62. The van der Waals surface area contributed by atoms with Crippen LogP contribution in [-0.2, 0) is 5.41 Å². The molecule has 0 aliphatic carbocycles. The number of hydrogen-bond acceptors (Lipinski definition) is 4. The molecule has 0 bridgehead atoms. The van der Waals surface area contributed by atoms with E-state index in [1.165, 1.54) is 5.56 Å². The van der Waals surface area contributed by atoms with Crippen LogP contribution in [0.1, 0.15) is 32.0 Å². The Morgan fingerprint density at radius 1 is 0.926 bits per heavy atom. The Hall–Kier alpha value is -3.28. The van der Waals surface area contributed by atoms with E-state index < -0.39 is 0 Å². The molecule has 27 heavy (non-hydrogen) atoms. The predicted molar refractivity (Wildman–Crippen MR) is 105 cm³/mol. The fourth-order valence-electron chi connectivity index (χ4n) is 3.38. The standard InChI is InChI=1S/C21H22N6/c1-14(2)21(3,20-8-19(26-27-20)17-11-24-25-12-17)18-6-4-15(5-7-18)16-9-22-13-23-10-16/h4-14H,1-3H3,(H,24,25)(H,26,27). The quantitative estimate of drug-likeness (QED) is 0.559. The SMILES string of the molecule is CC(C)C(C)(c1ccc(-c2cncnc2)cc1)c1cc(-c2cn[nH]c2)n[nH]1. The van der Waals surface area contributed by atoms with Crippen molar-refractivity contribution >= 4 is 0 Å². The lowest BCUT2D eigenvalue weighted by molar-refractivity contribution is 0.394. The average molecular weight is 358 g/mol. The third-order valence-corrected chi connectivity index (χ3v) is 5.46. The zero-order valence-electron chi connectivity index (χ0n) is 15.6. The molecule has 136 valence electrons. The Kier molecular flexibility index (Phi) is 4.32. The van der Waals surface area contributed by atoms with E-state index >= 15 is 0 Å². The summed E-state index contributed by atoms with van der Waals surface area (Å²) in [7, 11) is 0. The lowest BCUT2D eigenvalue weighted by atomic mass is 9.70. The second-order valence-electron chi connectivity index (χ2n) is 7.22. The highest BCUT2D eigenvalue weighted by Crippen LogP contribution is 2.39. The van der Waals surface area contributed by atoms with E-state index in [0.29, 0.717) is 5.92 Å². The molecule has 0 aliphatic heterocycles. The van der Waals surface area contributed by atoms with Crippen molar-refractivity contribution < 1.29 is 0 Å². The number of rotatable bonds is 5. The van der Waals surface area contributed by atoms with Gasteiger partial charge in [-0.25, -0.2) is 9.97 Å². The van der Waals surface area contributed by atoms with E-state index in [2.05, 4.69) is 81.5 Å². The minimum Gasteiger partial charge on any atom is -0.285 e. The molecule has 0 fully saturated rings. The topological polar surface area (TPSA) is 83.1 Å². The minimum absolute atomic E-state index is 0.194. The molecule has 6 heteroatoms. The molecule has 0 saturated carbocycles. The number of benzene rings is 1. The van der Waals surface area contributed by atoms with Gasteiger partial charge in [-0.2, -0.15) is 10.2 Å². The Morgan fingerprint density at radius 3 is 2.30 bits per heavy atom. The molecule has 4 aromatic rings. The van der Waals surface area contributed by atoms with Crippen molar-refractivity contribution in [2.45, 2.75) is 26.2 Å². The van der Waals surface area contributed by atoms with Crippen LogP contribution in [0, 0.1) is 5.92 Å². The summed E-state index contributed by atoms with van der Waals surface area (Å²) in [5, 5.41) is 14.6. The van der Waals surface area contributed by atoms with Crippen LogP contribution in [0.15, 0.2) is 61.4 Å². The monoisotopic (exact) mass is 358 g/mol. The molecular weight excluding hydrogens is 336 g/mol. The van der Waals surface area contributed by atoms with Crippen LogP contribution in [0.5, 0.6) is 0 Å². The van der Waals surface area contributed by atoms with Crippen molar-refractivity contribution in [3.05, 3.63) is 72.7 Å². The van der Waals surface area contributed by atoms with Crippen molar-refractivity contribution in [2.75, 3.05) is 0 Å². The normalized spacial score (nSPS) is 13.6. The number of nitrogens with zero attached hydrogens (tertiary/aromatic N) is 4. The molecule has 0 aliphatic rings. The first-order valence-electron chi connectivity index (χ1n) is 9.00. The third kappa shape index (κ3) is 3.03. The molecule has 6 nitrogen and oxygen atoms in total. The summed E-state index contributed by atoms with van der Waals surface area (Å²) in [5.74, 6) is 0.376. The Bertz CT molecular complexity index is 1000. The van der Waals surface area contributed by atoms with E-state index in [1.54, 1.807) is 12.5 Å². The van der Waals surface area contributed by atoms with Crippen molar-refractivity contribution in [1.82, 2.24) is 30.4 Å². The molecule has 4 rings (SSSR count). The average Bonchev–Trinajstić information content (AvgIpc) is 3.40. The van der Waals surface area contributed by atoms with Crippen LogP contribution in [0.4, 0.5) is 0 Å². The first-order chi connectivity index (χ1) is 13.1. The summed E-state index contributed by atoms with van der Waals surface area (Å²) < 4.78 is 0. The lowest BCUT2D eigenvalue weighted by Gasteiger charge is -2.33. The van der Waals surface area contributed by atoms with Gasteiger partial charge in [-0.15, -0.1) is 0 Å². The van der Waals surface area contributed by atoms with Gasteiger partial charge in [0.25, 0.3) is 0 Å². The highest BCUT2D eigenvalue weighted by atomic mass is 15.1. The molecule has 1 unspecified atom stereocenters. The molecule has 0 spiro atoms. The largest absolute Gasteiger partial charge is 0.285 e. The van der Waals surface area contributed by atoms with Gasteiger partial charge in [0.2, 0.25) is 0 Å². The van der Waals surface area contributed by atoms with Crippen LogP contribution in [-0.4, -0.2) is 30.4 Å². The lowest BCUT2D eigenvalue weighted by Crippen LogP contribution is -2.30. The van der Waals surface area contributed by atoms with Gasteiger partial charge in [0.1, 0.15) is 6.33 Å². The summed E-state index contributed by atoms with van der Waals surface area (Å²) in [6, 6.07) is 10.7. The molecule has 1 atom stereocenters. The van der Waals surface area contributed by atoms with Gasteiger partial charge in [0.15, 0.2) is 0 Å². The van der Waals surface area contributed by atoms with Crippen molar-refractivity contribution in [3.8, 4) is 22.4 Å². The number of aromatic nitrogens is 6. The summed E-state index contributed by atoms with van der Waals surface area (Å²) >= 11 is 0. The van der Waals surface area contributed by atoms with Gasteiger partial charge in [-0.3, -0.25) is 10.2 Å². The fourth-order valence-corrected chi connectivity index (χ4v) is 3.38. The number of aromatic amines is 2. The van der Waals surface area contributed by atoms with E-state index in [0.717, 1.165) is 28.1 Å². The highest BCUT2D eigenvalue weighted by Gasteiger charge is 2.34. The van der Waals surface area contributed by atoms with Gasteiger partial charge >= 0.3 is 0 Å². The fraction of sp³-hybridized carbons (Fsp3) is 0.238. The zero-order valence-corrected chi connectivity index (χ0v) is 15.6. The van der Waals surface area contributed by atoms with E-state index in [1.807, 2.05) is 18.6 Å². The minimum atomic E-state index is -0.194. The molecule has 1 aromatic carbocycles. The van der Waals surface area contributed by atoms with Gasteiger partial charge in [0.05, 0.1) is 11.9 Å². The van der Waals surface area contributed by atoms with E-state index in [-0.39, 0.29) is 5.41 Å². The van der Waals surface area contributed by atoms with Gasteiger partial charge in [-0.05, 0) is 30.0 Å². The summed E-state index contributed by atoms with van der Waals surface area (Å²) in [5.41, 5.74) is 6.12. The maximum absolute atomic E-state index is 4.50. The number of nitrogens with one attached hydrogen (secondary N) is 2. The molecule has 3 aromatic heterocycles. The van der Waals surface area contributed by atoms with E-state index in [4.69, 9.17) is 0 Å². The van der Waals surface area contributed by atoms with Gasteiger partial charge < -0.3 is 0 Å². The summed E-state index contributed by atoms with van der Waals surface area (Å²) in [4.78, 5) is 8.21. The zero-order chi connectivity index (χ0) is 18.9. The second kappa shape index (κ2) is 6.79. The van der Waals surface area contributed by atoms with Crippen molar-refractivity contribution in [3.63, 3.8) is 0 Å². The molecule has 3 heterocycles. The molecule has 0 amide bonds. The van der Waals surface area contributed by atoms with Crippen LogP contribution in [0.3, 0.4) is 0 Å². The Labute approximate surface area is 158 Å². The smallest absolute Gasteiger partial charge is 0.115 e. The number of hydrogen-bond donors (Lipinski definition) is 2. The molecule has 0 radical (unpaired) electrons. The first kappa shape index (κ1) is 17.1. The Balaban J connectivity index is 1.72. The Morgan fingerprint density at radius 2 is 1.67 bits per heavy atom. The van der Waals surface area contributed by atoms with Crippen LogP contribution in [0.2, 0.25) is 0 Å². The molecule has 2 N–H and O–H groups in total. The first-order valence-corrected chi connectivity index (χ1v) is 9.00. The summed E-state index contributed by atoms with van der Waals surface area (Å²) in [6.07, 6.45) is 8.84. The van der Waals surface area contributed by atoms with E-state index in [9.17, 15) is 0 Å². The van der Waals surface area contributed by atoms with Crippen LogP contribution in [0.25, 0.3) is 22.4 Å². The predicted octanol–water partition coefficient (Wildman–Crippen LogP) is 4.22. The molecule has 0 saturated heterocycles. The third-order valence-electron chi connectivity index (χ3n) is 5.46. The van der Waals surface area contributed by atoms with Gasteiger partial charge in [0, 0.05) is 40.8 Å². The van der Waals surface area contributed by atoms with Crippen molar-refractivity contribution in [2.24, 2.45) is 5.92 Å². The number of H-pyrrole nitrogens is 2. The van der Waals surface area contributed by atoms with Crippen LogP contribution < -0.4 is 0 Å². The van der Waals surface area contributed by atoms with Crippen molar-refractivity contribution in [1.29, 1.82) is 0 Å². The second-order valence-corrected chi connectivity index (χ2v) is 7.22.